The minimum absolute atomic E-state index is 0.506. The molecule has 2 nitrogen and oxygen atoms in total. The van der Waals surface area contributed by atoms with E-state index >= 15 is 0 Å². The summed E-state index contributed by atoms with van der Waals surface area (Å²) in [6, 6.07) is 0. The summed E-state index contributed by atoms with van der Waals surface area (Å²) in [6.07, 6.45) is 5.54. The molecule has 0 aliphatic heterocycles. The lowest BCUT2D eigenvalue weighted by molar-refractivity contribution is 0.0326. The highest BCUT2D eigenvalue weighted by Gasteiger charge is 2.19. The lowest BCUT2D eigenvalue weighted by atomic mass is 9.92. The van der Waals surface area contributed by atoms with Crippen molar-refractivity contribution < 1.29 is 10.2 Å². The van der Waals surface area contributed by atoms with Gasteiger partial charge in [-0.25, -0.2) is 0 Å². The van der Waals surface area contributed by atoms with Crippen molar-refractivity contribution >= 4 is 0 Å². The highest BCUT2D eigenvalue weighted by Crippen LogP contribution is 2.21. The minimum atomic E-state index is -0.559. The monoisotopic (exact) mass is 202 g/mol. The van der Waals surface area contributed by atoms with Crippen LogP contribution in [0.5, 0.6) is 0 Å². The van der Waals surface area contributed by atoms with E-state index in [1.54, 1.807) is 0 Å². The number of hydrogen-bond acceptors (Lipinski definition) is 2. The van der Waals surface area contributed by atoms with Gasteiger partial charge in [-0.1, -0.05) is 26.2 Å². The first-order chi connectivity index (χ1) is 6.27. The van der Waals surface area contributed by atoms with Crippen LogP contribution in [0, 0.1) is 0 Å². The maximum atomic E-state index is 9.88. The maximum absolute atomic E-state index is 9.88. The molecule has 0 fully saturated rings. The van der Waals surface area contributed by atoms with Crippen molar-refractivity contribution in [2.75, 3.05) is 0 Å². The van der Waals surface area contributed by atoms with Gasteiger partial charge in [-0.3, -0.25) is 0 Å². The fourth-order valence-corrected chi connectivity index (χ4v) is 1.73. The fraction of sp³-hybridized carbons (Fsp3) is 1.00. The molecule has 2 N–H and O–H groups in total. The smallest absolute Gasteiger partial charge is 0.0619 e. The first-order valence-corrected chi connectivity index (χ1v) is 5.71. The molecular formula is C12H26O2. The van der Waals surface area contributed by atoms with Gasteiger partial charge in [0.25, 0.3) is 0 Å². The van der Waals surface area contributed by atoms with Gasteiger partial charge in [-0.05, 0) is 40.0 Å². The Morgan fingerprint density at radius 3 is 1.79 bits per heavy atom. The largest absolute Gasteiger partial charge is 0.390 e. The highest BCUT2D eigenvalue weighted by atomic mass is 16.3. The predicted molar refractivity (Wildman–Crippen MR) is 60.3 cm³/mol. The van der Waals surface area contributed by atoms with Gasteiger partial charge < -0.3 is 10.2 Å². The van der Waals surface area contributed by atoms with Crippen LogP contribution in [0.3, 0.4) is 0 Å². The van der Waals surface area contributed by atoms with E-state index in [2.05, 4.69) is 6.92 Å². The molecule has 0 aromatic heterocycles. The average molecular weight is 202 g/mol. The molecule has 0 aromatic rings. The van der Waals surface area contributed by atoms with Crippen LogP contribution in [0.25, 0.3) is 0 Å². The van der Waals surface area contributed by atoms with Crippen molar-refractivity contribution in [2.24, 2.45) is 0 Å². The molecule has 0 bridgehead atoms. The minimum Gasteiger partial charge on any atom is -0.390 e. The molecule has 0 aliphatic carbocycles. The molecule has 14 heavy (non-hydrogen) atoms. The van der Waals surface area contributed by atoms with E-state index in [4.69, 9.17) is 0 Å². The third kappa shape index (κ3) is 8.52. The Labute approximate surface area is 88.3 Å². The summed E-state index contributed by atoms with van der Waals surface area (Å²) in [7, 11) is 0. The van der Waals surface area contributed by atoms with Crippen molar-refractivity contribution in [1.29, 1.82) is 0 Å². The first-order valence-electron chi connectivity index (χ1n) is 5.71. The van der Waals surface area contributed by atoms with Crippen LogP contribution in [-0.4, -0.2) is 21.4 Å². The topological polar surface area (TPSA) is 40.5 Å². The standard InChI is InChI=1S/C12H26O2/c1-5-8-12(4,14)10-7-6-9-11(2,3)13/h13-14H,5-10H2,1-4H3. The van der Waals surface area contributed by atoms with Gasteiger partial charge >= 0.3 is 0 Å². The Balaban J connectivity index is 3.54. The molecule has 0 aliphatic rings. The van der Waals surface area contributed by atoms with Gasteiger partial charge in [0, 0.05) is 0 Å². The van der Waals surface area contributed by atoms with Crippen molar-refractivity contribution in [3.8, 4) is 0 Å². The summed E-state index contributed by atoms with van der Waals surface area (Å²) < 4.78 is 0. The van der Waals surface area contributed by atoms with E-state index in [1.807, 2.05) is 20.8 Å². The van der Waals surface area contributed by atoms with Crippen molar-refractivity contribution in [3.63, 3.8) is 0 Å². The van der Waals surface area contributed by atoms with Gasteiger partial charge in [0.2, 0.25) is 0 Å². The summed E-state index contributed by atoms with van der Waals surface area (Å²) in [4.78, 5) is 0. The Morgan fingerprint density at radius 1 is 0.857 bits per heavy atom. The van der Waals surface area contributed by atoms with E-state index in [0.717, 1.165) is 38.5 Å². The first kappa shape index (κ1) is 13.9. The fourth-order valence-electron chi connectivity index (χ4n) is 1.73. The molecule has 0 radical (unpaired) electrons. The molecule has 86 valence electrons. The summed E-state index contributed by atoms with van der Waals surface area (Å²) in [6.45, 7) is 7.65. The Morgan fingerprint density at radius 2 is 1.36 bits per heavy atom. The molecule has 2 heteroatoms. The van der Waals surface area contributed by atoms with Crippen molar-refractivity contribution in [3.05, 3.63) is 0 Å². The van der Waals surface area contributed by atoms with E-state index < -0.39 is 11.2 Å². The summed E-state index contributed by atoms with van der Waals surface area (Å²) in [5, 5.41) is 19.4. The zero-order chi connectivity index (χ0) is 11.2. The second kappa shape index (κ2) is 5.72. The quantitative estimate of drug-likeness (QED) is 0.623. The van der Waals surface area contributed by atoms with Gasteiger partial charge in [0.05, 0.1) is 11.2 Å². The number of aliphatic hydroxyl groups is 2. The normalized spacial score (nSPS) is 16.7. The number of unbranched alkanes of at least 4 members (excludes halogenated alkanes) is 1. The Hall–Kier alpha value is -0.0800. The Kier molecular flexibility index (Phi) is 5.68. The molecule has 0 aromatic carbocycles. The highest BCUT2D eigenvalue weighted by molar-refractivity contribution is 4.72. The van der Waals surface area contributed by atoms with Crippen LogP contribution in [0.15, 0.2) is 0 Å². The van der Waals surface area contributed by atoms with Gasteiger partial charge in [-0.15, -0.1) is 0 Å². The lowest BCUT2D eigenvalue weighted by Crippen LogP contribution is -2.24. The van der Waals surface area contributed by atoms with E-state index in [9.17, 15) is 10.2 Å². The van der Waals surface area contributed by atoms with Gasteiger partial charge in [-0.2, -0.15) is 0 Å². The van der Waals surface area contributed by atoms with Crippen molar-refractivity contribution in [2.45, 2.75) is 77.4 Å². The second-order valence-corrected chi connectivity index (χ2v) is 5.27. The summed E-state index contributed by atoms with van der Waals surface area (Å²) >= 11 is 0. The Bertz CT molecular complexity index is 145. The van der Waals surface area contributed by atoms with Crippen LogP contribution >= 0.6 is 0 Å². The molecule has 1 unspecified atom stereocenters. The zero-order valence-corrected chi connectivity index (χ0v) is 10.1. The molecule has 0 saturated heterocycles. The lowest BCUT2D eigenvalue weighted by Gasteiger charge is -2.23. The van der Waals surface area contributed by atoms with E-state index in [-0.39, 0.29) is 0 Å². The molecule has 0 rings (SSSR count). The molecule has 1 atom stereocenters. The predicted octanol–water partition coefficient (Wildman–Crippen LogP) is 2.87. The van der Waals surface area contributed by atoms with Crippen LogP contribution < -0.4 is 0 Å². The summed E-state index contributed by atoms with van der Waals surface area (Å²) in [5.74, 6) is 0. The number of hydrogen-bond donors (Lipinski definition) is 2. The second-order valence-electron chi connectivity index (χ2n) is 5.27. The molecule has 0 amide bonds. The molecule has 0 saturated carbocycles. The molecular weight excluding hydrogens is 176 g/mol. The number of rotatable bonds is 7. The van der Waals surface area contributed by atoms with Crippen LogP contribution in [0.4, 0.5) is 0 Å². The third-order valence-corrected chi connectivity index (χ3v) is 2.54. The van der Waals surface area contributed by atoms with E-state index in [1.165, 1.54) is 0 Å². The third-order valence-electron chi connectivity index (χ3n) is 2.54. The van der Waals surface area contributed by atoms with Crippen LogP contribution in [0.2, 0.25) is 0 Å². The summed E-state index contributed by atoms with van der Waals surface area (Å²) in [5.41, 5.74) is -1.06. The molecule has 0 spiro atoms. The zero-order valence-electron chi connectivity index (χ0n) is 10.1. The molecule has 0 heterocycles. The average Bonchev–Trinajstić information content (AvgIpc) is 1.96. The van der Waals surface area contributed by atoms with Gasteiger partial charge in [0.1, 0.15) is 0 Å². The van der Waals surface area contributed by atoms with Crippen LogP contribution in [-0.2, 0) is 0 Å². The SMILES string of the molecule is CCCC(C)(O)CCCCC(C)(C)O. The maximum Gasteiger partial charge on any atom is 0.0619 e. The van der Waals surface area contributed by atoms with Crippen LogP contribution in [0.1, 0.15) is 66.2 Å². The van der Waals surface area contributed by atoms with E-state index in [0.29, 0.717) is 0 Å². The van der Waals surface area contributed by atoms with Crippen molar-refractivity contribution in [1.82, 2.24) is 0 Å². The van der Waals surface area contributed by atoms with Gasteiger partial charge in [0.15, 0.2) is 0 Å².